The van der Waals surface area contributed by atoms with Crippen molar-refractivity contribution in [3.63, 3.8) is 0 Å². The first kappa shape index (κ1) is 11.9. The molecule has 0 aliphatic carbocycles. The summed E-state index contributed by atoms with van der Waals surface area (Å²) in [6.45, 7) is 6.91. The minimum absolute atomic E-state index is 0.515. The first-order valence-corrected chi connectivity index (χ1v) is 6.54. The van der Waals surface area contributed by atoms with Crippen molar-refractivity contribution >= 4 is 11.8 Å². The van der Waals surface area contributed by atoms with Crippen LogP contribution in [0.15, 0.2) is 23.4 Å². The zero-order valence-corrected chi connectivity index (χ0v) is 10.6. The topological polar surface area (TPSA) is 34.1 Å². The molecule has 1 aromatic rings. The van der Waals surface area contributed by atoms with Gasteiger partial charge in [0.25, 0.3) is 0 Å². The Morgan fingerprint density at radius 1 is 1.50 bits per heavy atom. The third-order valence-corrected chi connectivity index (χ3v) is 3.50. The minimum atomic E-state index is 0.515. The van der Waals surface area contributed by atoms with Crippen LogP contribution in [0.5, 0.6) is 0 Å². The fourth-order valence-corrected chi connectivity index (χ4v) is 2.29. The summed E-state index contributed by atoms with van der Waals surface area (Å²) in [7, 11) is 0. The largest absolute Gasteiger partial charge is 0.379 e. The molecule has 0 radical (unpaired) electrons. The van der Waals surface area contributed by atoms with Gasteiger partial charge in [0.15, 0.2) is 0 Å². The summed E-state index contributed by atoms with van der Waals surface area (Å²) in [4.78, 5) is 4.45. The Hall–Kier alpha value is -0.580. The summed E-state index contributed by atoms with van der Waals surface area (Å²) >= 11 is 1.81. The lowest BCUT2D eigenvalue weighted by molar-refractivity contribution is 0.0454. The molecule has 0 amide bonds. The van der Waals surface area contributed by atoms with Gasteiger partial charge in [-0.15, -0.1) is 0 Å². The number of aromatic nitrogens is 1. The van der Waals surface area contributed by atoms with E-state index in [0.29, 0.717) is 11.3 Å². The fourth-order valence-electron chi connectivity index (χ4n) is 1.36. The van der Waals surface area contributed by atoms with Crippen molar-refractivity contribution in [2.45, 2.75) is 36.7 Å². The third-order valence-electron chi connectivity index (χ3n) is 2.41. The molecule has 2 heterocycles. The van der Waals surface area contributed by atoms with Crippen LogP contribution in [0.25, 0.3) is 0 Å². The van der Waals surface area contributed by atoms with Crippen LogP contribution in [0.3, 0.4) is 0 Å². The molecule has 0 atom stereocenters. The fraction of sp³-hybridized carbons (Fsp3) is 0.583. The SMILES string of the molecule is CC(C)NCc1ccc(SC2COC2)nc1. The maximum absolute atomic E-state index is 5.14. The van der Waals surface area contributed by atoms with Gasteiger partial charge in [0.1, 0.15) is 0 Å². The zero-order chi connectivity index (χ0) is 11.4. The first-order valence-electron chi connectivity index (χ1n) is 5.67. The van der Waals surface area contributed by atoms with Gasteiger partial charge in [-0.1, -0.05) is 31.7 Å². The maximum Gasteiger partial charge on any atom is 0.0964 e. The van der Waals surface area contributed by atoms with Crippen molar-refractivity contribution < 1.29 is 4.74 Å². The number of pyridine rings is 1. The van der Waals surface area contributed by atoms with Gasteiger partial charge < -0.3 is 10.1 Å². The molecular formula is C12H18N2OS. The van der Waals surface area contributed by atoms with Gasteiger partial charge in [-0.2, -0.15) is 0 Å². The van der Waals surface area contributed by atoms with E-state index in [0.717, 1.165) is 24.8 Å². The number of hydrogen-bond donors (Lipinski definition) is 1. The number of hydrogen-bond acceptors (Lipinski definition) is 4. The van der Waals surface area contributed by atoms with Crippen molar-refractivity contribution in [1.29, 1.82) is 0 Å². The predicted octanol–water partition coefficient (Wildman–Crippen LogP) is 2.07. The Labute approximate surface area is 101 Å². The summed E-state index contributed by atoms with van der Waals surface area (Å²) in [5.74, 6) is 0. The molecule has 1 N–H and O–H groups in total. The van der Waals surface area contributed by atoms with Crippen LogP contribution in [0, 0.1) is 0 Å². The molecule has 1 aliphatic heterocycles. The van der Waals surface area contributed by atoms with E-state index >= 15 is 0 Å². The Balaban J connectivity index is 1.83. The zero-order valence-electron chi connectivity index (χ0n) is 9.77. The van der Waals surface area contributed by atoms with Gasteiger partial charge in [-0.05, 0) is 11.6 Å². The Bertz CT molecular complexity index is 322. The van der Waals surface area contributed by atoms with Crippen LogP contribution in [0.4, 0.5) is 0 Å². The van der Waals surface area contributed by atoms with Crippen molar-refractivity contribution in [3.05, 3.63) is 23.9 Å². The molecule has 1 aliphatic rings. The Morgan fingerprint density at radius 2 is 2.31 bits per heavy atom. The summed E-state index contributed by atoms with van der Waals surface area (Å²) in [5.41, 5.74) is 1.24. The van der Waals surface area contributed by atoms with E-state index < -0.39 is 0 Å². The van der Waals surface area contributed by atoms with Crippen LogP contribution in [-0.2, 0) is 11.3 Å². The summed E-state index contributed by atoms with van der Waals surface area (Å²) in [6, 6.07) is 4.76. The molecule has 1 aromatic heterocycles. The molecule has 0 saturated carbocycles. The standard InChI is InChI=1S/C12H18N2OS/c1-9(2)13-5-10-3-4-12(14-6-10)16-11-7-15-8-11/h3-4,6,9,11,13H,5,7-8H2,1-2H3. The normalized spacial score (nSPS) is 16.4. The Morgan fingerprint density at radius 3 is 2.81 bits per heavy atom. The van der Waals surface area contributed by atoms with Crippen LogP contribution in [0.1, 0.15) is 19.4 Å². The maximum atomic E-state index is 5.14. The van der Waals surface area contributed by atoms with E-state index in [1.165, 1.54) is 5.56 Å². The summed E-state index contributed by atoms with van der Waals surface area (Å²) < 4.78 is 5.14. The number of thioether (sulfide) groups is 1. The molecule has 0 bridgehead atoms. The smallest absolute Gasteiger partial charge is 0.0964 e. The Kier molecular flexibility index (Phi) is 4.21. The van der Waals surface area contributed by atoms with Crippen LogP contribution < -0.4 is 5.32 Å². The van der Waals surface area contributed by atoms with Gasteiger partial charge in [0, 0.05) is 18.8 Å². The lowest BCUT2D eigenvalue weighted by Crippen LogP contribution is -2.30. The van der Waals surface area contributed by atoms with Crippen LogP contribution in [0.2, 0.25) is 0 Å². The molecule has 1 fully saturated rings. The molecule has 88 valence electrons. The van der Waals surface area contributed by atoms with Gasteiger partial charge in [0.05, 0.1) is 23.5 Å². The number of nitrogens with one attached hydrogen (secondary N) is 1. The summed E-state index contributed by atoms with van der Waals surface area (Å²) in [5, 5.41) is 5.08. The molecule has 0 aromatic carbocycles. The van der Waals surface area contributed by atoms with Gasteiger partial charge in [-0.25, -0.2) is 4.98 Å². The second-order valence-electron chi connectivity index (χ2n) is 4.32. The molecule has 16 heavy (non-hydrogen) atoms. The van der Waals surface area contributed by atoms with E-state index in [9.17, 15) is 0 Å². The summed E-state index contributed by atoms with van der Waals surface area (Å²) in [6.07, 6.45) is 1.96. The number of rotatable bonds is 5. The highest BCUT2D eigenvalue weighted by Gasteiger charge is 2.19. The van der Waals surface area contributed by atoms with E-state index in [-0.39, 0.29) is 0 Å². The molecule has 2 rings (SSSR count). The second kappa shape index (κ2) is 5.66. The first-order chi connectivity index (χ1) is 7.74. The number of nitrogens with zero attached hydrogens (tertiary/aromatic N) is 1. The molecule has 0 spiro atoms. The molecular weight excluding hydrogens is 220 g/mol. The van der Waals surface area contributed by atoms with Gasteiger partial charge in [0.2, 0.25) is 0 Å². The quantitative estimate of drug-likeness (QED) is 0.851. The second-order valence-corrected chi connectivity index (χ2v) is 5.64. The molecule has 0 unspecified atom stereocenters. The molecule has 1 saturated heterocycles. The van der Waals surface area contributed by atoms with Crippen molar-refractivity contribution in [3.8, 4) is 0 Å². The van der Waals surface area contributed by atoms with Gasteiger partial charge in [-0.3, -0.25) is 0 Å². The highest BCUT2D eigenvalue weighted by atomic mass is 32.2. The third kappa shape index (κ3) is 3.47. The lowest BCUT2D eigenvalue weighted by Gasteiger charge is -2.24. The molecule has 4 heteroatoms. The van der Waals surface area contributed by atoms with Crippen molar-refractivity contribution in [2.75, 3.05) is 13.2 Å². The average Bonchev–Trinajstić information content (AvgIpc) is 2.22. The van der Waals surface area contributed by atoms with E-state index in [2.05, 4.69) is 36.3 Å². The number of ether oxygens (including phenoxy) is 1. The van der Waals surface area contributed by atoms with E-state index in [1.807, 2.05) is 6.20 Å². The van der Waals surface area contributed by atoms with Crippen molar-refractivity contribution in [1.82, 2.24) is 10.3 Å². The highest BCUT2D eigenvalue weighted by Crippen LogP contribution is 2.26. The van der Waals surface area contributed by atoms with Crippen LogP contribution in [-0.4, -0.2) is 29.5 Å². The van der Waals surface area contributed by atoms with E-state index in [1.54, 1.807) is 11.8 Å². The van der Waals surface area contributed by atoms with Crippen LogP contribution >= 0.6 is 11.8 Å². The molecule has 3 nitrogen and oxygen atoms in total. The van der Waals surface area contributed by atoms with Crippen molar-refractivity contribution in [2.24, 2.45) is 0 Å². The predicted molar refractivity (Wildman–Crippen MR) is 66.7 cm³/mol. The lowest BCUT2D eigenvalue weighted by atomic mass is 10.2. The monoisotopic (exact) mass is 238 g/mol. The highest BCUT2D eigenvalue weighted by molar-refractivity contribution is 8.00. The van der Waals surface area contributed by atoms with Gasteiger partial charge >= 0.3 is 0 Å². The minimum Gasteiger partial charge on any atom is -0.379 e. The van der Waals surface area contributed by atoms with E-state index in [4.69, 9.17) is 4.74 Å². The average molecular weight is 238 g/mol.